The SMILES string of the molecule is O=C(O)CCC1CCCN(C(=O)COc2c(Cl)cccc2Cl)C1. The number of nitrogens with zero attached hydrogens (tertiary/aromatic N) is 1. The highest BCUT2D eigenvalue weighted by Crippen LogP contribution is 2.32. The lowest BCUT2D eigenvalue weighted by Crippen LogP contribution is -2.42. The summed E-state index contributed by atoms with van der Waals surface area (Å²) in [5.41, 5.74) is 0. The molecule has 1 saturated heterocycles. The van der Waals surface area contributed by atoms with E-state index in [1.165, 1.54) is 0 Å². The van der Waals surface area contributed by atoms with Crippen molar-refractivity contribution >= 4 is 35.1 Å². The Morgan fingerprint density at radius 1 is 1.30 bits per heavy atom. The van der Waals surface area contributed by atoms with Crippen molar-refractivity contribution in [1.82, 2.24) is 4.90 Å². The number of carboxylic acid groups (broad SMARTS) is 1. The molecule has 0 saturated carbocycles. The third kappa shape index (κ3) is 5.29. The van der Waals surface area contributed by atoms with Gasteiger partial charge in [-0.15, -0.1) is 0 Å². The van der Waals surface area contributed by atoms with Gasteiger partial charge in [-0.3, -0.25) is 9.59 Å². The van der Waals surface area contributed by atoms with Gasteiger partial charge in [0.15, 0.2) is 12.4 Å². The number of hydrogen-bond acceptors (Lipinski definition) is 3. The van der Waals surface area contributed by atoms with Gasteiger partial charge in [0.1, 0.15) is 0 Å². The molecule has 0 aliphatic carbocycles. The van der Waals surface area contributed by atoms with Crippen LogP contribution in [0.15, 0.2) is 18.2 Å². The van der Waals surface area contributed by atoms with Gasteiger partial charge >= 0.3 is 5.97 Å². The molecular weight excluding hydrogens is 341 g/mol. The topological polar surface area (TPSA) is 66.8 Å². The van der Waals surface area contributed by atoms with E-state index >= 15 is 0 Å². The lowest BCUT2D eigenvalue weighted by atomic mass is 9.93. The zero-order valence-electron chi connectivity index (χ0n) is 12.6. The zero-order chi connectivity index (χ0) is 16.8. The maximum Gasteiger partial charge on any atom is 0.303 e. The number of carboxylic acids is 1. The maximum absolute atomic E-state index is 12.3. The number of rotatable bonds is 6. The first-order valence-corrected chi connectivity index (χ1v) is 8.29. The molecule has 2 rings (SSSR count). The monoisotopic (exact) mass is 359 g/mol. The van der Waals surface area contributed by atoms with Crippen LogP contribution in [-0.2, 0) is 9.59 Å². The molecule has 0 radical (unpaired) electrons. The molecular formula is C16H19Cl2NO4. The third-order valence-corrected chi connectivity index (χ3v) is 4.49. The van der Waals surface area contributed by atoms with Crippen molar-refractivity contribution < 1.29 is 19.4 Å². The van der Waals surface area contributed by atoms with E-state index < -0.39 is 5.97 Å². The van der Waals surface area contributed by atoms with E-state index in [1.54, 1.807) is 23.1 Å². The minimum atomic E-state index is -0.801. The maximum atomic E-state index is 12.3. The minimum Gasteiger partial charge on any atom is -0.481 e. The Hall–Kier alpha value is -1.46. The Morgan fingerprint density at radius 2 is 2.00 bits per heavy atom. The van der Waals surface area contributed by atoms with Crippen LogP contribution in [0, 0.1) is 5.92 Å². The summed E-state index contributed by atoms with van der Waals surface area (Å²) in [6.45, 7) is 1.11. The highest BCUT2D eigenvalue weighted by Gasteiger charge is 2.24. The number of amides is 1. The fourth-order valence-corrected chi connectivity index (χ4v) is 3.21. The second-order valence-corrected chi connectivity index (χ2v) is 6.43. The summed E-state index contributed by atoms with van der Waals surface area (Å²) in [6, 6.07) is 5.00. The molecule has 0 bridgehead atoms. The van der Waals surface area contributed by atoms with Gasteiger partial charge in [-0.2, -0.15) is 0 Å². The van der Waals surface area contributed by atoms with E-state index in [9.17, 15) is 9.59 Å². The predicted molar refractivity (Wildman–Crippen MR) is 88.1 cm³/mol. The van der Waals surface area contributed by atoms with Crippen LogP contribution in [0.3, 0.4) is 0 Å². The summed E-state index contributed by atoms with van der Waals surface area (Å²) in [7, 11) is 0. The molecule has 7 heteroatoms. The van der Waals surface area contributed by atoms with Gasteiger partial charge in [0.2, 0.25) is 0 Å². The fourth-order valence-electron chi connectivity index (χ4n) is 2.70. The molecule has 1 heterocycles. The van der Waals surface area contributed by atoms with Gasteiger partial charge in [0, 0.05) is 19.5 Å². The number of ether oxygens (including phenoxy) is 1. The fraction of sp³-hybridized carbons (Fsp3) is 0.500. The summed E-state index contributed by atoms with van der Waals surface area (Å²) >= 11 is 12.0. The molecule has 1 aliphatic heterocycles. The molecule has 126 valence electrons. The van der Waals surface area contributed by atoms with E-state index in [1.807, 2.05) is 0 Å². The van der Waals surface area contributed by atoms with Crippen molar-refractivity contribution in [2.24, 2.45) is 5.92 Å². The van der Waals surface area contributed by atoms with Gasteiger partial charge in [0.25, 0.3) is 5.91 Å². The number of hydrogen-bond donors (Lipinski definition) is 1. The molecule has 1 N–H and O–H groups in total. The molecule has 1 atom stereocenters. The average molecular weight is 360 g/mol. The van der Waals surface area contributed by atoms with Crippen LogP contribution in [0.1, 0.15) is 25.7 Å². The van der Waals surface area contributed by atoms with E-state index in [-0.39, 0.29) is 24.9 Å². The lowest BCUT2D eigenvalue weighted by molar-refractivity contribution is -0.137. The molecule has 5 nitrogen and oxygen atoms in total. The highest BCUT2D eigenvalue weighted by atomic mass is 35.5. The van der Waals surface area contributed by atoms with Crippen LogP contribution in [0.4, 0.5) is 0 Å². The molecule has 1 fully saturated rings. The third-order valence-electron chi connectivity index (χ3n) is 3.90. The minimum absolute atomic E-state index is 0.130. The largest absolute Gasteiger partial charge is 0.481 e. The van der Waals surface area contributed by atoms with Gasteiger partial charge < -0.3 is 14.7 Å². The first-order valence-electron chi connectivity index (χ1n) is 7.53. The Labute approximate surface area is 145 Å². The van der Waals surface area contributed by atoms with Crippen molar-refractivity contribution in [1.29, 1.82) is 0 Å². The summed E-state index contributed by atoms with van der Waals surface area (Å²) in [5.74, 6) is -0.400. The Kier molecular flexibility index (Phi) is 6.54. The normalized spacial score (nSPS) is 17.8. The lowest BCUT2D eigenvalue weighted by Gasteiger charge is -2.32. The van der Waals surface area contributed by atoms with Crippen molar-refractivity contribution in [3.05, 3.63) is 28.2 Å². The number of aliphatic carboxylic acids is 1. The second kappa shape index (κ2) is 8.41. The summed E-state index contributed by atoms with van der Waals surface area (Å²) in [5, 5.41) is 9.48. The van der Waals surface area contributed by atoms with Gasteiger partial charge in [-0.1, -0.05) is 29.3 Å². The van der Waals surface area contributed by atoms with Gasteiger partial charge in [-0.05, 0) is 37.3 Å². The molecule has 1 amide bonds. The molecule has 0 aromatic heterocycles. The number of para-hydroxylation sites is 1. The molecule has 1 aromatic carbocycles. The molecule has 1 aliphatic rings. The van der Waals surface area contributed by atoms with E-state index in [0.29, 0.717) is 35.3 Å². The van der Waals surface area contributed by atoms with Gasteiger partial charge in [0.05, 0.1) is 10.0 Å². The van der Waals surface area contributed by atoms with Crippen molar-refractivity contribution in [2.75, 3.05) is 19.7 Å². The molecule has 1 unspecified atom stereocenters. The van der Waals surface area contributed by atoms with E-state index in [2.05, 4.69) is 0 Å². The summed E-state index contributed by atoms with van der Waals surface area (Å²) in [6.07, 6.45) is 2.56. The Morgan fingerprint density at radius 3 is 2.65 bits per heavy atom. The molecule has 1 aromatic rings. The first-order chi connectivity index (χ1) is 11.0. The predicted octanol–water partition coefficient (Wildman–Crippen LogP) is 3.48. The van der Waals surface area contributed by atoms with Crippen LogP contribution in [-0.4, -0.2) is 41.6 Å². The zero-order valence-corrected chi connectivity index (χ0v) is 14.1. The van der Waals surface area contributed by atoms with Crippen molar-refractivity contribution in [3.8, 4) is 5.75 Å². The summed E-state index contributed by atoms with van der Waals surface area (Å²) < 4.78 is 5.47. The van der Waals surface area contributed by atoms with E-state index in [0.717, 1.165) is 12.8 Å². The molecule has 0 spiro atoms. The number of halogens is 2. The van der Waals surface area contributed by atoms with Crippen molar-refractivity contribution in [3.63, 3.8) is 0 Å². The van der Waals surface area contributed by atoms with Crippen LogP contribution in [0.25, 0.3) is 0 Å². The Balaban J connectivity index is 1.86. The van der Waals surface area contributed by atoms with E-state index in [4.69, 9.17) is 33.0 Å². The number of benzene rings is 1. The molecule has 23 heavy (non-hydrogen) atoms. The van der Waals surface area contributed by atoms with Gasteiger partial charge in [-0.25, -0.2) is 0 Å². The van der Waals surface area contributed by atoms with Crippen LogP contribution >= 0.6 is 23.2 Å². The standard InChI is InChI=1S/C16H19Cl2NO4/c17-12-4-1-5-13(18)16(12)23-10-14(20)19-8-2-3-11(9-19)6-7-15(21)22/h1,4-5,11H,2-3,6-10H2,(H,21,22). The highest BCUT2D eigenvalue weighted by molar-refractivity contribution is 6.37. The number of piperidine rings is 1. The quantitative estimate of drug-likeness (QED) is 0.844. The van der Waals surface area contributed by atoms with Crippen LogP contribution < -0.4 is 4.74 Å². The second-order valence-electron chi connectivity index (χ2n) is 5.62. The van der Waals surface area contributed by atoms with Crippen LogP contribution in [0.5, 0.6) is 5.75 Å². The number of carbonyl (C=O) groups excluding carboxylic acids is 1. The Bertz CT molecular complexity index is 559. The first kappa shape index (κ1) is 17.9. The van der Waals surface area contributed by atoms with Crippen molar-refractivity contribution in [2.45, 2.75) is 25.7 Å². The number of carbonyl (C=O) groups is 2. The smallest absolute Gasteiger partial charge is 0.303 e. The summed E-state index contributed by atoms with van der Waals surface area (Å²) in [4.78, 5) is 24.7. The van der Waals surface area contributed by atoms with Crippen LogP contribution in [0.2, 0.25) is 10.0 Å². The average Bonchev–Trinajstić information content (AvgIpc) is 2.52. The number of likely N-dealkylation sites (tertiary alicyclic amines) is 1.